The standard InChI is InChI=1S/C13H27NOS/c1-3-12(14)7-5-9-16(15)13-8-4-6-11(2)10-13/h11-13H,3-10,14H2,1-2H3. The molecule has 0 heterocycles. The molecule has 16 heavy (non-hydrogen) atoms. The molecule has 0 amide bonds. The molecule has 0 saturated heterocycles. The summed E-state index contributed by atoms with van der Waals surface area (Å²) in [4.78, 5) is 0. The average molecular weight is 245 g/mol. The maximum absolute atomic E-state index is 12.1. The monoisotopic (exact) mass is 245 g/mol. The van der Waals surface area contributed by atoms with Gasteiger partial charge in [0.2, 0.25) is 0 Å². The first-order valence-corrected chi connectivity index (χ1v) is 8.14. The summed E-state index contributed by atoms with van der Waals surface area (Å²) < 4.78 is 12.1. The number of hydrogen-bond acceptors (Lipinski definition) is 2. The van der Waals surface area contributed by atoms with Gasteiger partial charge in [0.1, 0.15) is 0 Å². The Labute approximate surface area is 103 Å². The van der Waals surface area contributed by atoms with E-state index in [1.807, 2.05) is 0 Å². The van der Waals surface area contributed by atoms with Crippen molar-refractivity contribution < 1.29 is 4.21 Å². The van der Waals surface area contributed by atoms with Crippen LogP contribution in [0.1, 0.15) is 58.8 Å². The molecule has 0 spiro atoms. The zero-order valence-corrected chi connectivity index (χ0v) is 11.6. The van der Waals surface area contributed by atoms with Crippen molar-refractivity contribution in [1.29, 1.82) is 0 Å². The summed E-state index contributed by atoms with van der Waals surface area (Å²) in [7, 11) is -0.601. The molecule has 0 aromatic heterocycles. The highest BCUT2D eigenvalue weighted by Gasteiger charge is 2.23. The molecule has 4 unspecified atom stereocenters. The molecular weight excluding hydrogens is 218 g/mol. The smallest absolute Gasteiger partial charge is 0.0350 e. The van der Waals surface area contributed by atoms with Crippen LogP contribution in [0.5, 0.6) is 0 Å². The third kappa shape index (κ3) is 4.96. The van der Waals surface area contributed by atoms with Gasteiger partial charge in [-0.25, -0.2) is 0 Å². The average Bonchev–Trinajstić information content (AvgIpc) is 2.28. The molecule has 4 atom stereocenters. The molecule has 1 fully saturated rings. The van der Waals surface area contributed by atoms with Crippen LogP contribution in [-0.4, -0.2) is 21.3 Å². The van der Waals surface area contributed by atoms with E-state index in [0.717, 1.165) is 30.9 Å². The lowest BCUT2D eigenvalue weighted by Crippen LogP contribution is -2.25. The van der Waals surface area contributed by atoms with Gasteiger partial charge in [0.25, 0.3) is 0 Å². The van der Waals surface area contributed by atoms with Gasteiger partial charge >= 0.3 is 0 Å². The fourth-order valence-electron chi connectivity index (χ4n) is 2.48. The molecule has 1 rings (SSSR count). The Morgan fingerprint density at radius 3 is 2.81 bits per heavy atom. The van der Waals surface area contributed by atoms with E-state index < -0.39 is 10.8 Å². The minimum atomic E-state index is -0.601. The van der Waals surface area contributed by atoms with Crippen molar-refractivity contribution in [3.63, 3.8) is 0 Å². The summed E-state index contributed by atoms with van der Waals surface area (Å²) in [6.45, 7) is 4.40. The first-order valence-electron chi connectivity index (χ1n) is 6.76. The first kappa shape index (κ1) is 14.2. The summed E-state index contributed by atoms with van der Waals surface area (Å²) in [6.07, 6.45) is 8.05. The molecule has 0 bridgehead atoms. The molecule has 96 valence electrons. The zero-order valence-electron chi connectivity index (χ0n) is 10.8. The predicted octanol–water partition coefficient (Wildman–Crippen LogP) is 2.83. The van der Waals surface area contributed by atoms with E-state index in [-0.39, 0.29) is 0 Å². The minimum Gasteiger partial charge on any atom is -0.328 e. The van der Waals surface area contributed by atoms with Gasteiger partial charge in [-0.15, -0.1) is 0 Å². The molecule has 2 nitrogen and oxygen atoms in total. The fraction of sp³-hybridized carbons (Fsp3) is 1.00. The first-order chi connectivity index (χ1) is 7.63. The van der Waals surface area contributed by atoms with E-state index in [2.05, 4.69) is 13.8 Å². The van der Waals surface area contributed by atoms with E-state index in [9.17, 15) is 4.21 Å². The summed E-state index contributed by atoms with van der Waals surface area (Å²) >= 11 is 0. The van der Waals surface area contributed by atoms with Crippen LogP contribution in [0.2, 0.25) is 0 Å². The Bertz CT molecular complexity index is 220. The van der Waals surface area contributed by atoms with Gasteiger partial charge in [-0.05, 0) is 38.0 Å². The fourth-order valence-corrected chi connectivity index (χ4v) is 4.23. The van der Waals surface area contributed by atoms with Crippen LogP contribution in [0.15, 0.2) is 0 Å². The van der Waals surface area contributed by atoms with Crippen LogP contribution in [0, 0.1) is 5.92 Å². The number of hydrogen-bond donors (Lipinski definition) is 1. The highest BCUT2D eigenvalue weighted by Crippen LogP contribution is 2.27. The van der Waals surface area contributed by atoms with Crippen LogP contribution in [0.4, 0.5) is 0 Å². The maximum atomic E-state index is 12.1. The zero-order chi connectivity index (χ0) is 12.0. The van der Waals surface area contributed by atoms with Crippen molar-refractivity contribution in [2.24, 2.45) is 11.7 Å². The molecule has 0 radical (unpaired) electrons. The van der Waals surface area contributed by atoms with E-state index in [1.54, 1.807) is 0 Å². The van der Waals surface area contributed by atoms with Gasteiger partial charge in [-0.2, -0.15) is 0 Å². The lowest BCUT2D eigenvalue weighted by atomic mass is 9.91. The highest BCUT2D eigenvalue weighted by atomic mass is 32.2. The molecule has 1 aliphatic rings. The van der Waals surface area contributed by atoms with Crippen LogP contribution < -0.4 is 5.73 Å². The van der Waals surface area contributed by atoms with Crippen molar-refractivity contribution in [2.45, 2.75) is 70.1 Å². The molecule has 0 aliphatic heterocycles. The molecular formula is C13H27NOS. The van der Waals surface area contributed by atoms with E-state index in [1.165, 1.54) is 25.7 Å². The van der Waals surface area contributed by atoms with Crippen molar-refractivity contribution in [2.75, 3.05) is 5.75 Å². The second-order valence-electron chi connectivity index (χ2n) is 5.29. The number of rotatable bonds is 6. The SMILES string of the molecule is CCC(N)CCCS(=O)C1CCCC(C)C1. The molecule has 0 aromatic carbocycles. The minimum absolute atomic E-state index is 0.308. The summed E-state index contributed by atoms with van der Waals surface area (Å²) in [5, 5.41) is 0.474. The van der Waals surface area contributed by atoms with Crippen molar-refractivity contribution >= 4 is 10.8 Å². The van der Waals surface area contributed by atoms with E-state index in [4.69, 9.17) is 5.73 Å². The van der Waals surface area contributed by atoms with E-state index in [0.29, 0.717) is 11.3 Å². The van der Waals surface area contributed by atoms with Gasteiger partial charge in [-0.1, -0.05) is 26.7 Å². The molecule has 1 aliphatic carbocycles. The number of nitrogens with two attached hydrogens (primary N) is 1. The third-order valence-electron chi connectivity index (χ3n) is 3.70. The molecule has 2 N–H and O–H groups in total. The highest BCUT2D eigenvalue weighted by molar-refractivity contribution is 7.85. The normalized spacial score (nSPS) is 29.9. The van der Waals surface area contributed by atoms with Gasteiger partial charge in [0.15, 0.2) is 0 Å². The van der Waals surface area contributed by atoms with Crippen LogP contribution in [0.3, 0.4) is 0 Å². The maximum Gasteiger partial charge on any atom is 0.0350 e. The molecule has 0 aromatic rings. The third-order valence-corrected chi connectivity index (χ3v) is 5.57. The Morgan fingerprint density at radius 2 is 2.19 bits per heavy atom. The lowest BCUT2D eigenvalue weighted by Gasteiger charge is -2.26. The van der Waals surface area contributed by atoms with Gasteiger partial charge in [-0.3, -0.25) is 4.21 Å². The Kier molecular flexibility index (Phi) is 6.59. The predicted molar refractivity (Wildman–Crippen MR) is 71.9 cm³/mol. The largest absolute Gasteiger partial charge is 0.328 e. The molecule has 3 heteroatoms. The van der Waals surface area contributed by atoms with Crippen molar-refractivity contribution in [3.8, 4) is 0 Å². The second-order valence-corrected chi connectivity index (χ2v) is 7.13. The summed E-state index contributed by atoms with van der Waals surface area (Å²) in [5.74, 6) is 1.64. The van der Waals surface area contributed by atoms with Gasteiger partial charge in [0.05, 0.1) is 0 Å². The van der Waals surface area contributed by atoms with E-state index >= 15 is 0 Å². The van der Waals surface area contributed by atoms with Crippen LogP contribution in [-0.2, 0) is 10.8 Å². The van der Waals surface area contributed by atoms with Crippen molar-refractivity contribution in [3.05, 3.63) is 0 Å². The Hall–Kier alpha value is 0.110. The second kappa shape index (κ2) is 7.44. The quantitative estimate of drug-likeness (QED) is 0.782. The van der Waals surface area contributed by atoms with Gasteiger partial charge in [0, 0.05) is 27.8 Å². The summed E-state index contributed by atoms with van der Waals surface area (Å²) in [5.41, 5.74) is 5.86. The van der Waals surface area contributed by atoms with Crippen LogP contribution in [0.25, 0.3) is 0 Å². The van der Waals surface area contributed by atoms with Gasteiger partial charge < -0.3 is 5.73 Å². The Morgan fingerprint density at radius 1 is 1.44 bits per heavy atom. The summed E-state index contributed by atoms with van der Waals surface area (Å²) in [6, 6.07) is 0.308. The van der Waals surface area contributed by atoms with Crippen LogP contribution >= 0.6 is 0 Å². The lowest BCUT2D eigenvalue weighted by molar-refractivity contribution is 0.389. The molecule has 1 saturated carbocycles. The Balaban J connectivity index is 2.19. The van der Waals surface area contributed by atoms with Crippen molar-refractivity contribution in [1.82, 2.24) is 0 Å². The topological polar surface area (TPSA) is 43.1 Å².